The van der Waals surface area contributed by atoms with Crippen LogP contribution in [-0.4, -0.2) is 75.9 Å². The Balaban J connectivity index is 0.00000368. The van der Waals surface area contributed by atoms with Crippen molar-refractivity contribution in [2.75, 3.05) is 0 Å². The fourth-order valence-electron chi connectivity index (χ4n) is 5.78. The molecule has 0 saturated carbocycles. The summed E-state index contributed by atoms with van der Waals surface area (Å²) in [5, 5.41) is 0. The van der Waals surface area contributed by atoms with Crippen LogP contribution in [0.1, 0.15) is 61.8 Å². The first-order chi connectivity index (χ1) is 20.2. The Morgan fingerprint density at radius 3 is 2.47 bits per heavy atom. The Labute approximate surface area is 298 Å². The summed E-state index contributed by atoms with van der Waals surface area (Å²) >= 11 is 0.916. The maximum Gasteiger partial charge on any atom is 0.323 e. The third-order valence-electron chi connectivity index (χ3n) is 7.77. The predicted molar refractivity (Wildman–Crippen MR) is 174 cm³/mol. The minimum Gasteiger partial charge on any atom is -0.487 e. The zero-order chi connectivity index (χ0) is 29.4. The second-order valence-corrected chi connectivity index (χ2v) is 12.3. The van der Waals surface area contributed by atoms with Gasteiger partial charge in [-0.15, -0.1) is 0 Å². The van der Waals surface area contributed by atoms with E-state index in [9.17, 15) is 9.59 Å². The topological polar surface area (TPSA) is 89.9 Å². The molecule has 0 unspecified atom stereocenters. The smallest absolute Gasteiger partial charge is 0.323 e. The van der Waals surface area contributed by atoms with Crippen molar-refractivity contribution in [3.63, 3.8) is 0 Å². The molecular formula is C34H34KN4O3S. The van der Waals surface area contributed by atoms with E-state index in [0.717, 1.165) is 87.7 Å². The zero-order valence-corrected chi connectivity index (χ0v) is 29.3. The molecule has 1 aliphatic rings. The van der Waals surface area contributed by atoms with Crippen LogP contribution in [0, 0.1) is 6.92 Å². The molecule has 3 aromatic carbocycles. The fourth-order valence-corrected chi connectivity index (χ4v) is 6.24. The normalized spacial score (nSPS) is 13.3. The number of aryl methyl sites for hydroxylation is 2. The van der Waals surface area contributed by atoms with Crippen LogP contribution in [0.2, 0.25) is 0 Å². The monoisotopic (exact) mass is 617 g/mol. The molecule has 0 amide bonds. The number of aromatic nitrogens is 4. The summed E-state index contributed by atoms with van der Waals surface area (Å²) < 4.78 is 12.1. The van der Waals surface area contributed by atoms with Gasteiger partial charge in [0, 0.05) is 92.4 Å². The van der Waals surface area contributed by atoms with E-state index < -0.39 is 0 Å². The first-order valence-corrected chi connectivity index (χ1v) is 15.2. The van der Waals surface area contributed by atoms with Crippen molar-refractivity contribution in [3.05, 3.63) is 115 Å². The number of rotatable bonds is 8. The Bertz CT molecular complexity index is 1890. The first-order valence-electron chi connectivity index (χ1n) is 14.4. The summed E-state index contributed by atoms with van der Waals surface area (Å²) in [6, 6.07) is 22.1. The molecule has 0 atom stereocenters. The van der Waals surface area contributed by atoms with Crippen molar-refractivity contribution >= 4 is 62.9 Å². The van der Waals surface area contributed by atoms with Gasteiger partial charge in [-0.1, -0.05) is 61.9 Å². The number of fused-ring (bicyclic) bond motifs is 1. The van der Waals surface area contributed by atoms with Gasteiger partial charge >= 0.3 is 4.87 Å². The predicted octanol–water partition coefficient (Wildman–Crippen LogP) is 6.29. The molecule has 3 heterocycles. The van der Waals surface area contributed by atoms with E-state index in [1.165, 1.54) is 0 Å². The van der Waals surface area contributed by atoms with Crippen LogP contribution in [0.5, 0.6) is 5.75 Å². The molecule has 43 heavy (non-hydrogen) atoms. The Kier molecular flexibility index (Phi) is 9.70. The van der Waals surface area contributed by atoms with Gasteiger partial charge in [-0.3, -0.25) is 19.1 Å². The van der Waals surface area contributed by atoms with Crippen LogP contribution in [-0.2, 0) is 19.3 Å². The maximum atomic E-state index is 14.2. The number of nitrogens with one attached hydrogen (secondary N) is 1. The van der Waals surface area contributed by atoms with Crippen molar-refractivity contribution in [1.82, 2.24) is 18.9 Å². The second-order valence-electron chi connectivity index (χ2n) is 11.5. The number of nitrogens with zero attached hydrogens (tertiary/aromatic N) is 3. The molecule has 0 bridgehead atoms. The molecule has 9 heteroatoms. The molecule has 1 radical (unpaired) electrons. The molecule has 1 N–H and O–H groups in total. The molecule has 215 valence electrons. The molecule has 1 aliphatic heterocycles. The van der Waals surface area contributed by atoms with Crippen LogP contribution >= 0.6 is 11.5 Å². The van der Waals surface area contributed by atoms with E-state index in [4.69, 9.17) is 9.72 Å². The number of ether oxygens (including phenoxy) is 1. The average molecular weight is 618 g/mol. The van der Waals surface area contributed by atoms with Crippen LogP contribution in [0.3, 0.4) is 0 Å². The summed E-state index contributed by atoms with van der Waals surface area (Å²) in [6.07, 6.45) is 4.07. The molecule has 7 nitrogen and oxygen atoms in total. The molecule has 0 spiro atoms. The van der Waals surface area contributed by atoms with E-state index in [0.29, 0.717) is 18.1 Å². The van der Waals surface area contributed by atoms with Gasteiger partial charge in [0.1, 0.15) is 17.2 Å². The summed E-state index contributed by atoms with van der Waals surface area (Å²) in [5.74, 6) is 2.14. The maximum absolute atomic E-state index is 14.2. The third-order valence-corrected chi connectivity index (χ3v) is 8.31. The van der Waals surface area contributed by atoms with Crippen LogP contribution < -0.4 is 15.2 Å². The van der Waals surface area contributed by atoms with Gasteiger partial charge in [0.05, 0.1) is 11.4 Å². The molecule has 6 rings (SSSR count). The largest absolute Gasteiger partial charge is 0.487 e. The van der Waals surface area contributed by atoms with Crippen LogP contribution in [0.25, 0.3) is 28.2 Å². The van der Waals surface area contributed by atoms with Gasteiger partial charge in [-0.2, -0.15) is 4.37 Å². The number of aromatic amines is 1. The fraction of sp³-hybridized carbons (Fsp3) is 0.294. The molecule has 0 fully saturated rings. The standard InChI is InChI=1S/C34H34N4O3S.K/c1-5-6-11-29-28(32(39)38(21(2)35-29)25-16-17-30-24(19-25)20-34(3,4)41-30)18-22-12-14-23(15-13-22)26-9-7-8-10-27(26)31-36-33(40)42-37-31;/h7-10,12-17,19H,5-6,11,18,20H2,1-4H3,(H,36,37,40);. The number of H-pyrrole nitrogens is 1. The average Bonchev–Trinajstić information content (AvgIpc) is 3.54. The minimum atomic E-state index is -0.251. The summed E-state index contributed by atoms with van der Waals surface area (Å²) in [4.78, 5) is 33.5. The molecule has 0 aliphatic carbocycles. The SMILES string of the molecule is CCCCc1nc(C)n(-c2ccc3c(c2)CC(C)(C)O3)c(=O)c1Cc1ccc(-c2ccccc2-c2nsc(=O)[nH]2)cc1.[K]. The van der Waals surface area contributed by atoms with Crippen LogP contribution in [0.4, 0.5) is 0 Å². The van der Waals surface area contributed by atoms with Gasteiger partial charge < -0.3 is 4.74 Å². The Hall–Kier alpha value is -2.66. The summed E-state index contributed by atoms with van der Waals surface area (Å²) in [6.45, 7) is 8.22. The van der Waals surface area contributed by atoms with Gasteiger partial charge in [-0.25, -0.2) is 4.98 Å². The molecule has 0 saturated heterocycles. The summed E-state index contributed by atoms with van der Waals surface area (Å²) in [7, 11) is 0. The van der Waals surface area contributed by atoms with Crippen LogP contribution in [0.15, 0.2) is 76.3 Å². The van der Waals surface area contributed by atoms with Gasteiger partial charge in [0.2, 0.25) is 0 Å². The quantitative estimate of drug-likeness (QED) is 0.207. The molecular weight excluding hydrogens is 584 g/mol. The Morgan fingerprint density at radius 1 is 1.02 bits per heavy atom. The second kappa shape index (κ2) is 13.1. The number of unbranched alkanes of at least 4 members (excludes halogenated alkanes) is 1. The number of hydrogen-bond acceptors (Lipinski definition) is 6. The minimum absolute atomic E-state index is 0. The summed E-state index contributed by atoms with van der Waals surface area (Å²) in [5.41, 5.74) is 7.18. The third kappa shape index (κ3) is 6.72. The number of benzene rings is 3. The molecule has 5 aromatic rings. The first kappa shape index (κ1) is 31.8. The van der Waals surface area contributed by atoms with Gasteiger partial charge in [0.15, 0.2) is 5.82 Å². The molecule has 2 aromatic heterocycles. The van der Waals surface area contributed by atoms with E-state index in [-0.39, 0.29) is 67.4 Å². The van der Waals surface area contributed by atoms with Crippen molar-refractivity contribution < 1.29 is 4.74 Å². The van der Waals surface area contributed by atoms with Crippen molar-refractivity contribution in [2.45, 2.75) is 65.4 Å². The van der Waals surface area contributed by atoms with E-state index in [1.807, 2.05) is 43.3 Å². The van der Waals surface area contributed by atoms with E-state index >= 15 is 0 Å². The zero-order valence-electron chi connectivity index (χ0n) is 25.4. The van der Waals surface area contributed by atoms with E-state index in [2.05, 4.69) is 60.5 Å². The van der Waals surface area contributed by atoms with Gasteiger partial charge in [-0.05, 0) is 68.5 Å². The van der Waals surface area contributed by atoms with Gasteiger partial charge in [0.25, 0.3) is 5.56 Å². The van der Waals surface area contributed by atoms with Crippen molar-refractivity contribution in [2.24, 2.45) is 0 Å². The van der Waals surface area contributed by atoms with Crippen molar-refractivity contribution in [1.29, 1.82) is 0 Å². The number of hydrogen-bond donors (Lipinski definition) is 1. The van der Waals surface area contributed by atoms with Crippen molar-refractivity contribution in [3.8, 4) is 34.0 Å². The van der Waals surface area contributed by atoms with E-state index in [1.54, 1.807) is 4.57 Å². The Morgan fingerprint density at radius 2 is 1.77 bits per heavy atom.